The summed E-state index contributed by atoms with van der Waals surface area (Å²) in [6.45, 7) is 0. The second-order valence-corrected chi connectivity index (χ2v) is 3.78. The first-order chi connectivity index (χ1) is 10.2. The highest BCUT2D eigenvalue weighted by Gasteiger charge is 2.20. The Bertz CT molecular complexity index is 478. The molecular weight excluding hydrogens is 294 g/mol. The van der Waals surface area contributed by atoms with E-state index in [0.29, 0.717) is 0 Å². The van der Waals surface area contributed by atoms with Crippen LogP contribution in [0.5, 0.6) is 0 Å². The van der Waals surface area contributed by atoms with Crippen molar-refractivity contribution >= 4 is 35.3 Å². The van der Waals surface area contributed by atoms with Crippen LogP contribution in [0.2, 0.25) is 0 Å². The predicted molar refractivity (Wildman–Crippen MR) is 78.5 cm³/mol. The van der Waals surface area contributed by atoms with E-state index in [9.17, 15) is 19.2 Å². The third-order valence-corrected chi connectivity index (χ3v) is 1.91. The lowest BCUT2D eigenvalue weighted by molar-refractivity contribution is -0.129. The van der Waals surface area contributed by atoms with E-state index >= 15 is 0 Å². The third-order valence-electron chi connectivity index (χ3n) is 1.91. The Kier molecular flexibility index (Phi) is 8.10. The number of benzene rings is 1. The molecule has 0 saturated carbocycles. The van der Waals surface area contributed by atoms with Crippen LogP contribution >= 0.6 is 0 Å². The van der Waals surface area contributed by atoms with Crippen LogP contribution in [0.25, 0.3) is 0 Å². The second-order valence-electron chi connectivity index (χ2n) is 3.78. The molecule has 0 bridgehead atoms. The number of nitrogens with one attached hydrogen (secondary N) is 3. The molecule has 1 saturated heterocycles. The lowest BCUT2D eigenvalue weighted by atomic mass is 10.3. The Balaban J connectivity index is 0.000000315. The van der Waals surface area contributed by atoms with Gasteiger partial charge in [-0.2, -0.15) is 0 Å². The summed E-state index contributed by atoms with van der Waals surface area (Å²) in [5.41, 5.74) is 18.3. The van der Waals surface area contributed by atoms with Crippen LogP contribution < -0.4 is 39.1 Å². The molecule has 0 aromatic heterocycles. The number of nitrogens with two attached hydrogens (primary N) is 4. The molecule has 2 rings (SSSR count). The van der Waals surface area contributed by atoms with E-state index in [1.165, 1.54) is 0 Å². The molecule has 1 aliphatic rings. The van der Waals surface area contributed by atoms with Crippen molar-refractivity contribution in [1.82, 2.24) is 16.1 Å². The molecule has 1 aromatic rings. The van der Waals surface area contributed by atoms with Crippen molar-refractivity contribution < 1.29 is 19.2 Å². The van der Waals surface area contributed by atoms with Gasteiger partial charge in [0.2, 0.25) is 11.8 Å². The molecule has 0 unspecified atom stereocenters. The topological polar surface area (TPSA) is 208 Å². The zero-order valence-electron chi connectivity index (χ0n) is 11.5. The Morgan fingerprint density at radius 1 is 0.955 bits per heavy atom. The van der Waals surface area contributed by atoms with Crippen LogP contribution in [0, 0.1) is 0 Å². The van der Waals surface area contributed by atoms with Gasteiger partial charge in [-0.25, -0.2) is 15.4 Å². The van der Waals surface area contributed by atoms with Crippen molar-refractivity contribution in [2.24, 2.45) is 11.6 Å². The van der Waals surface area contributed by atoms with Gasteiger partial charge < -0.3 is 17.2 Å². The summed E-state index contributed by atoms with van der Waals surface area (Å²) in [6.07, 6.45) is -0.258. The average Bonchev–Trinajstić information content (AvgIpc) is 2.42. The molecule has 1 aromatic carbocycles. The van der Waals surface area contributed by atoms with Gasteiger partial charge in [0.25, 0.3) is 0 Å². The van der Waals surface area contributed by atoms with Gasteiger partial charge in [0.1, 0.15) is 6.42 Å². The Morgan fingerprint density at radius 2 is 1.27 bits per heavy atom. The third kappa shape index (κ3) is 9.57. The molecule has 0 aliphatic carbocycles. The minimum atomic E-state index is -0.740. The maximum absolute atomic E-state index is 10.3. The van der Waals surface area contributed by atoms with Gasteiger partial charge in [-0.3, -0.25) is 25.6 Å². The lowest BCUT2D eigenvalue weighted by Gasteiger charge is -2.09. The number of imide groups is 2. The van der Waals surface area contributed by atoms with E-state index in [4.69, 9.17) is 11.5 Å². The summed E-state index contributed by atoms with van der Waals surface area (Å²) in [5, 5.41) is 3.80. The number of carbonyl (C=O) groups excluding carboxylic acids is 4. The molecule has 120 valence electrons. The lowest BCUT2D eigenvalue weighted by Crippen LogP contribution is -2.49. The van der Waals surface area contributed by atoms with E-state index in [1.54, 1.807) is 29.7 Å². The number of hydrogen-bond donors (Lipinski definition) is 7. The van der Waals surface area contributed by atoms with Crippen molar-refractivity contribution in [2.75, 3.05) is 11.5 Å². The number of barbiturate groups is 1. The summed E-state index contributed by atoms with van der Waals surface area (Å²) < 4.78 is 0. The number of nitrogen functional groups attached to an aromatic ring is 2. The van der Waals surface area contributed by atoms with Crippen molar-refractivity contribution in [1.29, 1.82) is 0 Å². The summed E-state index contributed by atoms with van der Waals surface area (Å²) in [5.74, 6) is 3.34. The predicted octanol–water partition coefficient (Wildman–Crippen LogP) is -1.88. The van der Waals surface area contributed by atoms with Crippen LogP contribution in [0.4, 0.5) is 21.0 Å². The monoisotopic (exact) mass is 311 g/mol. The first-order valence-electron chi connectivity index (χ1n) is 5.75. The zero-order chi connectivity index (χ0) is 17.1. The van der Waals surface area contributed by atoms with Crippen molar-refractivity contribution in [3.8, 4) is 0 Å². The molecule has 1 aliphatic heterocycles. The molecular formula is C11H17N7O4. The van der Waals surface area contributed by atoms with Gasteiger partial charge in [-0.15, -0.1) is 0 Å². The fourth-order valence-electron chi connectivity index (χ4n) is 1.01. The number of hydrogen-bond acceptors (Lipinski definition) is 7. The molecule has 0 atom stereocenters. The highest BCUT2D eigenvalue weighted by molar-refractivity contribution is 6.14. The molecule has 11 nitrogen and oxygen atoms in total. The molecule has 11 heteroatoms. The highest BCUT2D eigenvalue weighted by Crippen LogP contribution is 2.04. The van der Waals surface area contributed by atoms with E-state index < -0.39 is 23.9 Å². The van der Waals surface area contributed by atoms with Gasteiger partial charge >= 0.3 is 12.1 Å². The fourth-order valence-corrected chi connectivity index (χ4v) is 1.01. The molecule has 1 fully saturated rings. The van der Waals surface area contributed by atoms with Crippen LogP contribution in [0.3, 0.4) is 0 Å². The molecule has 11 N–H and O–H groups in total. The number of amides is 6. The van der Waals surface area contributed by atoms with E-state index in [1.807, 2.05) is 10.6 Å². The first kappa shape index (κ1) is 18.7. The van der Waals surface area contributed by atoms with Gasteiger partial charge in [-0.1, -0.05) is 0 Å². The van der Waals surface area contributed by atoms with Gasteiger partial charge in [-0.05, 0) is 24.3 Å². The van der Waals surface area contributed by atoms with E-state index in [0.717, 1.165) is 11.4 Å². The number of hydrazine groups is 1. The summed E-state index contributed by atoms with van der Waals surface area (Å²) in [4.78, 5) is 40.2. The van der Waals surface area contributed by atoms with Crippen molar-refractivity contribution in [2.45, 2.75) is 6.42 Å². The Labute approximate surface area is 125 Å². The number of carbonyl (C=O) groups is 4. The fraction of sp³-hybridized carbons (Fsp3) is 0.0909. The minimum absolute atomic E-state index is 0.258. The van der Waals surface area contributed by atoms with Gasteiger partial charge in [0.05, 0.1) is 0 Å². The van der Waals surface area contributed by atoms with Gasteiger partial charge in [0, 0.05) is 11.4 Å². The van der Waals surface area contributed by atoms with Crippen molar-refractivity contribution in [3.63, 3.8) is 0 Å². The van der Waals surface area contributed by atoms with Crippen molar-refractivity contribution in [3.05, 3.63) is 24.3 Å². The first-order valence-corrected chi connectivity index (χ1v) is 5.75. The molecule has 0 radical (unpaired) electrons. The standard InChI is InChI=1S/C6H8N2.C4H4N2O3.CH5N3O/c7-5-1-2-6(8)4-3-5;7-2-1-3(8)6-4(9)5-2;2-1(5)4-3/h1-4H,7-8H2;1H2,(H2,5,6,7,8,9);3H2,(H3,2,4,5). The maximum atomic E-state index is 10.3. The van der Waals surface area contributed by atoms with E-state index in [-0.39, 0.29) is 6.42 Å². The van der Waals surface area contributed by atoms with Crippen LogP contribution in [0.1, 0.15) is 6.42 Å². The molecule has 22 heavy (non-hydrogen) atoms. The number of urea groups is 2. The number of anilines is 2. The Hall–Kier alpha value is -3.34. The van der Waals surface area contributed by atoms with E-state index in [2.05, 4.69) is 11.6 Å². The SMILES string of the molecule is NNC(N)=O.Nc1ccc(N)cc1.O=C1CC(=O)NC(=O)N1. The normalized spacial score (nSPS) is 12.5. The molecule has 6 amide bonds. The van der Waals surface area contributed by atoms with Gasteiger partial charge in [0.15, 0.2) is 0 Å². The molecule has 0 spiro atoms. The van der Waals surface area contributed by atoms with Crippen LogP contribution in [-0.2, 0) is 9.59 Å². The van der Waals surface area contributed by atoms with Crippen LogP contribution in [-0.4, -0.2) is 23.9 Å². The highest BCUT2D eigenvalue weighted by atomic mass is 16.2. The summed E-state index contributed by atoms with van der Waals surface area (Å²) in [6, 6.07) is 5.64. The zero-order valence-corrected chi connectivity index (χ0v) is 11.5. The second kappa shape index (κ2) is 9.55. The van der Waals surface area contributed by atoms with Crippen LogP contribution in [0.15, 0.2) is 24.3 Å². The quantitative estimate of drug-likeness (QED) is 0.0951. The number of rotatable bonds is 0. The maximum Gasteiger partial charge on any atom is 0.328 e. The average molecular weight is 311 g/mol. The number of primary amides is 1. The smallest absolute Gasteiger partial charge is 0.328 e. The summed E-state index contributed by atoms with van der Waals surface area (Å²) in [7, 11) is 0. The molecule has 1 heterocycles. The Morgan fingerprint density at radius 3 is 1.50 bits per heavy atom. The summed E-state index contributed by atoms with van der Waals surface area (Å²) >= 11 is 0. The largest absolute Gasteiger partial charge is 0.399 e. The minimum Gasteiger partial charge on any atom is -0.399 e.